The molecule has 9 nitrogen and oxygen atoms in total. The number of nitro groups is 1. The minimum absolute atomic E-state index is 0.00164. The number of nitrogens with zero attached hydrogens (tertiary/aromatic N) is 5. The lowest BCUT2D eigenvalue weighted by molar-refractivity contribution is -0.384. The van der Waals surface area contributed by atoms with E-state index in [9.17, 15) is 14.9 Å². The average Bonchev–Trinajstić information content (AvgIpc) is 3.41. The van der Waals surface area contributed by atoms with Gasteiger partial charge in [-0.1, -0.05) is 12.1 Å². The molecule has 4 rings (SSSR count). The van der Waals surface area contributed by atoms with E-state index in [4.69, 9.17) is 0 Å². The summed E-state index contributed by atoms with van der Waals surface area (Å²) in [5.41, 5.74) is 5.08. The number of aromatic nitrogens is 4. The fraction of sp³-hybridized carbons (Fsp3) is 0.174. The third kappa shape index (κ3) is 4.56. The van der Waals surface area contributed by atoms with Crippen LogP contribution in [-0.4, -0.2) is 36.9 Å². The molecule has 0 spiro atoms. The first kappa shape index (κ1) is 21.0. The normalized spacial score (nSPS) is 10.8. The molecular weight excluding hydrogens is 408 g/mol. The Bertz CT molecular complexity index is 1260. The van der Waals surface area contributed by atoms with Gasteiger partial charge >= 0.3 is 0 Å². The Balaban J connectivity index is 1.32. The van der Waals surface area contributed by atoms with Gasteiger partial charge in [-0.05, 0) is 62.2 Å². The first-order valence-corrected chi connectivity index (χ1v) is 10.1. The van der Waals surface area contributed by atoms with Gasteiger partial charge in [0, 0.05) is 30.6 Å². The number of carbonyl (C=O) groups is 1. The second kappa shape index (κ2) is 8.84. The van der Waals surface area contributed by atoms with Gasteiger partial charge in [0.1, 0.15) is 0 Å². The molecule has 162 valence electrons. The van der Waals surface area contributed by atoms with Gasteiger partial charge in [0.25, 0.3) is 11.6 Å². The first-order valence-electron chi connectivity index (χ1n) is 10.1. The number of benzene rings is 2. The van der Waals surface area contributed by atoms with Crippen molar-refractivity contribution in [1.29, 1.82) is 0 Å². The highest BCUT2D eigenvalue weighted by Crippen LogP contribution is 2.15. The van der Waals surface area contributed by atoms with Crippen LogP contribution in [0.2, 0.25) is 0 Å². The van der Waals surface area contributed by atoms with Gasteiger partial charge in [0.05, 0.1) is 22.0 Å². The van der Waals surface area contributed by atoms with E-state index in [0.29, 0.717) is 18.7 Å². The number of aryl methyl sites for hydroxylation is 2. The molecule has 0 unspecified atom stereocenters. The molecule has 0 fully saturated rings. The molecule has 2 aromatic carbocycles. The van der Waals surface area contributed by atoms with Crippen molar-refractivity contribution < 1.29 is 9.72 Å². The molecule has 9 heteroatoms. The second-order valence-electron chi connectivity index (χ2n) is 7.43. The molecule has 0 aliphatic rings. The van der Waals surface area contributed by atoms with E-state index < -0.39 is 4.92 Å². The van der Waals surface area contributed by atoms with Crippen molar-refractivity contribution in [3.05, 3.63) is 99.6 Å². The third-order valence-electron chi connectivity index (χ3n) is 5.04. The van der Waals surface area contributed by atoms with Gasteiger partial charge in [-0.25, -0.2) is 9.36 Å². The van der Waals surface area contributed by atoms with Crippen LogP contribution in [-0.2, 0) is 6.42 Å². The van der Waals surface area contributed by atoms with E-state index in [1.54, 1.807) is 24.4 Å². The summed E-state index contributed by atoms with van der Waals surface area (Å²) in [6.07, 6.45) is 2.33. The molecule has 32 heavy (non-hydrogen) atoms. The molecule has 0 aliphatic carbocycles. The number of nitrogens with one attached hydrogen (secondary N) is 1. The monoisotopic (exact) mass is 430 g/mol. The van der Waals surface area contributed by atoms with Crippen LogP contribution in [0, 0.1) is 24.0 Å². The molecule has 0 aliphatic heterocycles. The molecule has 0 saturated carbocycles. The smallest absolute Gasteiger partial charge is 0.271 e. The van der Waals surface area contributed by atoms with Crippen LogP contribution in [0.4, 0.5) is 5.69 Å². The SMILES string of the molecule is Cc1cc(C)n(-c2ccc(CCNC(=O)c3ccn(-c4ccc([N+](=O)[O-])cc4)n3)cc2)n1. The van der Waals surface area contributed by atoms with E-state index in [1.807, 2.05) is 48.9 Å². The zero-order chi connectivity index (χ0) is 22.7. The number of non-ortho nitro benzene ring substituents is 1. The van der Waals surface area contributed by atoms with Gasteiger partial charge in [-0.3, -0.25) is 14.9 Å². The highest BCUT2D eigenvalue weighted by molar-refractivity contribution is 5.92. The largest absolute Gasteiger partial charge is 0.350 e. The quantitative estimate of drug-likeness (QED) is 0.356. The first-order chi connectivity index (χ1) is 15.4. The summed E-state index contributed by atoms with van der Waals surface area (Å²) in [4.78, 5) is 22.7. The van der Waals surface area contributed by atoms with E-state index >= 15 is 0 Å². The predicted octanol–water partition coefficient (Wildman–Crippen LogP) is 3.56. The second-order valence-corrected chi connectivity index (χ2v) is 7.43. The van der Waals surface area contributed by atoms with Crippen molar-refractivity contribution >= 4 is 11.6 Å². The Hall–Kier alpha value is -4.27. The number of hydrogen-bond donors (Lipinski definition) is 1. The lowest BCUT2D eigenvalue weighted by atomic mass is 10.1. The Labute approximate surface area is 184 Å². The molecular formula is C23H22N6O3. The van der Waals surface area contributed by atoms with Crippen LogP contribution in [0.1, 0.15) is 27.4 Å². The van der Waals surface area contributed by atoms with Crippen molar-refractivity contribution in [3.8, 4) is 11.4 Å². The summed E-state index contributed by atoms with van der Waals surface area (Å²) >= 11 is 0. The van der Waals surface area contributed by atoms with E-state index in [-0.39, 0.29) is 17.3 Å². The molecule has 0 radical (unpaired) electrons. The van der Waals surface area contributed by atoms with Crippen LogP contribution in [0.3, 0.4) is 0 Å². The number of rotatable bonds is 7. The molecule has 1 N–H and O–H groups in total. The van der Waals surface area contributed by atoms with Crippen LogP contribution >= 0.6 is 0 Å². The predicted molar refractivity (Wildman–Crippen MR) is 119 cm³/mol. The number of amides is 1. The van der Waals surface area contributed by atoms with Crippen molar-refractivity contribution in [2.75, 3.05) is 6.54 Å². The highest BCUT2D eigenvalue weighted by Gasteiger charge is 2.11. The minimum atomic E-state index is -0.460. The van der Waals surface area contributed by atoms with Gasteiger partial charge < -0.3 is 5.32 Å². The molecule has 0 saturated heterocycles. The van der Waals surface area contributed by atoms with Crippen molar-refractivity contribution in [2.24, 2.45) is 0 Å². The van der Waals surface area contributed by atoms with Gasteiger partial charge in [-0.15, -0.1) is 0 Å². The molecule has 4 aromatic rings. The fourth-order valence-electron chi connectivity index (χ4n) is 3.42. The van der Waals surface area contributed by atoms with E-state index in [0.717, 1.165) is 22.6 Å². The number of nitro benzene ring substituents is 1. The summed E-state index contributed by atoms with van der Waals surface area (Å²) in [5, 5.41) is 22.4. The Morgan fingerprint density at radius 2 is 1.69 bits per heavy atom. The van der Waals surface area contributed by atoms with Crippen LogP contribution in [0.15, 0.2) is 66.9 Å². The van der Waals surface area contributed by atoms with Gasteiger partial charge in [-0.2, -0.15) is 10.2 Å². The van der Waals surface area contributed by atoms with Crippen molar-refractivity contribution in [1.82, 2.24) is 24.9 Å². The van der Waals surface area contributed by atoms with E-state index in [1.165, 1.54) is 16.8 Å². The Morgan fingerprint density at radius 1 is 1.00 bits per heavy atom. The van der Waals surface area contributed by atoms with E-state index in [2.05, 4.69) is 15.5 Å². The summed E-state index contributed by atoms with van der Waals surface area (Å²) in [6, 6.07) is 17.7. The topological polar surface area (TPSA) is 108 Å². The number of hydrogen-bond acceptors (Lipinski definition) is 5. The maximum Gasteiger partial charge on any atom is 0.271 e. The fourth-order valence-corrected chi connectivity index (χ4v) is 3.42. The lowest BCUT2D eigenvalue weighted by Crippen LogP contribution is -2.26. The van der Waals surface area contributed by atoms with Crippen LogP contribution in [0.5, 0.6) is 0 Å². The zero-order valence-corrected chi connectivity index (χ0v) is 17.7. The highest BCUT2D eigenvalue weighted by atomic mass is 16.6. The van der Waals surface area contributed by atoms with Crippen LogP contribution < -0.4 is 5.32 Å². The van der Waals surface area contributed by atoms with Crippen molar-refractivity contribution in [3.63, 3.8) is 0 Å². The zero-order valence-electron chi connectivity index (χ0n) is 17.7. The summed E-state index contributed by atoms with van der Waals surface area (Å²) in [6.45, 7) is 4.46. The Morgan fingerprint density at radius 3 is 2.31 bits per heavy atom. The summed E-state index contributed by atoms with van der Waals surface area (Å²) in [7, 11) is 0. The van der Waals surface area contributed by atoms with Crippen molar-refractivity contribution in [2.45, 2.75) is 20.3 Å². The Kier molecular flexibility index (Phi) is 5.80. The number of carbonyl (C=O) groups excluding carboxylic acids is 1. The molecule has 2 aromatic heterocycles. The minimum Gasteiger partial charge on any atom is -0.350 e. The maximum atomic E-state index is 12.4. The average molecular weight is 430 g/mol. The van der Waals surface area contributed by atoms with Gasteiger partial charge in [0.2, 0.25) is 0 Å². The summed E-state index contributed by atoms with van der Waals surface area (Å²) < 4.78 is 3.42. The lowest BCUT2D eigenvalue weighted by Gasteiger charge is -2.07. The van der Waals surface area contributed by atoms with Gasteiger partial charge in [0.15, 0.2) is 5.69 Å². The molecule has 0 atom stereocenters. The standard InChI is InChI=1S/C23H22N6O3/c1-16-15-17(2)28(25-16)20-5-3-18(4-6-20)11-13-24-23(30)22-12-14-27(26-22)19-7-9-21(10-8-19)29(31)32/h3-10,12,14-15H,11,13H2,1-2H3,(H,24,30). The van der Waals surface area contributed by atoms with Crippen LogP contribution in [0.25, 0.3) is 11.4 Å². The molecule has 2 heterocycles. The summed E-state index contributed by atoms with van der Waals surface area (Å²) in [5.74, 6) is -0.273. The molecule has 1 amide bonds. The molecule has 0 bridgehead atoms. The third-order valence-corrected chi connectivity index (χ3v) is 5.04. The maximum absolute atomic E-state index is 12.4.